The van der Waals surface area contributed by atoms with Crippen LogP contribution in [0.25, 0.3) is 0 Å². The van der Waals surface area contributed by atoms with Crippen molar-refractivity contribution in [3.63, 3.8) is 0 Å². The van der Waals surface area contributed by atoms with E-state index < -0.39 is 23.9 Å². The van der Waals surface area contributed by atoms with Crippen LogP contribution in [-0.2, 0) is 19.2 Å². The van der Waals surface area contributed by atoms with Gasteiger partial charge in [-0.1, -0.05) is 0 Å². The number of hydrogen-bond acceptors (Lipinski definition) is 7. The summed E-state index contributed by atoms with van der Waals surface area (Å²) in [7, 11) is 2.81. The van der Waals surface area contributed by atoms with E-state index in [1.54, 1.807) is 0 Å². The van der Waals surface area contributed by atoms with Crippen LogP contribution in [0.3, 0.4) is 0 Å². The molecule has 1 fully saturated rings. The molecule has 1 saturated heterocycles. The normalized spacial score (nSPS) is 11.6. The van der Waals surface area contributed by atoms with Crippen molar-refractivity contribution < 1.29 is 39.6 Å². The molecule has 11 nitrogen and oxygen atoms in total. The molecule has 122 valence electrons. The van der Waals surface area contributed by atoms with Crippen LogP contribution >= 0.6 is 0 Å². The van der Waals surface area contributed by atoms with Crippen LogP contribution in [0.5, 0.6) is 0 Å². The SMILES string of the molecule is B1NBNBN1.O=C(O)CCC(=O)O.O=C(O)CCC(=O)O. The highest BCUT2D eigenvalue weighted by atomic mass is 16.4. The molecule has 0 aromatic rings. The molecule has 0 aromatic carbocycles. The second-order valence-electron chi connectivity index (χ2n) is 3.86. The second-order valence-corrected chi connectivity index (χ2v) is 3.86. The highest BCUT2D eigenvalue weighted by Crippen LogP contribution is 1.86. The molecule has 0 atom stereocenters. The molecular formula is C8H18B3N3O8. The topological polar surface area (TPSA) is 185 Å². The van der Waals surface area contributed by atoms with E-state index in [1.165, 1.54) is 0 Å². The number of rotatable bonds is 6. The van der Waals surface area contributed by atoms with Crippen molar-refractivity contribution in [1.29, 1.82) is 0 Å². The summed E-state index contributed by atoms with van der Waals surface area (Å²) in [6.07, 6.45) is -1.19. The van der Waals surface area contributed by atoms with E-state index in [0.29, 0.717) is 0 Å². The number of hydrogen-bond donors (Lipinski definition) is 7. The molecule has 7 N–H and O–H groups in total. The Morgan fingerprint density at radius 2 is 0.727 bits per heavy atom. The van der Waals surface area contributed by atoms with Crippen LogP contribution in [0, 0.1) is 0 Å². The monoisotopic (exact) mass is 317 g/mol. The molecule has 1 aliphatic heterocycles. The minimum absolute atomic E-state index is 0.296. The molecule has 1 aliphatic rings. The van der Waals surface area contributed by atoms with E-state index in [9.17, 15) is 19.2 Å². The van der Waals surface area contributed by atoms with Crippen LogP contribution in [0.1, 0.15) is 25.7 Å². The number of nitrogens with one attached hydrogen (secondary N) is 3. The molecule has 1 rings (SSSR count). The molecular weight excluding hydrogens is 299 g/mol. The molecule has 1 heterocycles. The third kappa shape index (κ3) is 26.5. The molecule has 0 radical (unpaired) electrons. The van der Waals surface area contributed by atoms with Gasteiger partial charge in [-0.05, 0) is 0 Å². The van der Waals surface area contributed by atoms with E-state index in [0.717, 1.165) is 22.6 Å². The maximum atomic E-state index is 9.64. The Balaban J connectivity index is 0. The molecule has 0 amide bonds. The summed E-state index contributed by atoms with van der Waals surface area (Å²) in [5, 5.41) is 40.8. The van der Waals surface area contributed by atoms with Crippen molar-refractivity contribution in [3.05, 3.63) is 0 Å². The lowest BCUT2D eigenvalue weighted by Crippen LogP contribution is -2.55. The van der Waals surface area contributed by atoms with E-state index in [1.807, 2.05) is 0 Å². The highest BCUT2D eigenvalue weighted by Gasteiger charge is 2.01. The zero-order valence-corrected chi connectivity index (χ0v) is 11.9. The van der Waals surface area contributed by atoms with Crippen LogP contribution in [0.15, 0.2) is 0 Å². The van der Waals surface area contributed by atoms with E-state index in [-0.39, 0.29) is 25.7 Å². The Labute approximate surface area is 128 Å². The molecule has 0 spiro atoms. The van der Waals surface area contributed by atoms with E-state index in [4.69, 9.17) is 20.4 Å². The summed E-state index contributed by atoms with van der Waals surface area (Å²) in [5.41, 5.74) is 0. The Hall–Kier alpha value is -2.05. The molecule has 14 heteroatoms. The van der Waals surface area contributed by atoms with E-state index >= 15 is 0 Å². The maximum absolute atomic E-state index is 9.64. The lowest BCUT2D eigenvalue weighted by molar-refractivity contribution is -0.143. The zero-order valence-electron chi connectivity index (χ0n) is 11.9. The van der Waals surface area contributed by atoms with Gasteiger partial charge in [-0.3, -0.25) is 19.2 Å². The van der Waals surface area contributed by atoms with Gasteiger partial charge in [0.1, 0.15) is 0 Å². The van der Waals surface area contributed by atoms with Gasteiger partial charge in [0.05, 0.1) is 25.7 Å². The Morgan fingerprint density at radius 1 is 0.545 bits per heavy atom. The van der Waals surface area contributed by atoms with Crippen LogP contribution in [-0.4, -0.2) is 67.0 Å². The average Bonchev–Trinajstić information content (AvgIpc) is 2.46. The molecule has 22 heavy (non-hydrogen) atoms. The molecule has 0 aromatic heterocycles. The van der Waals surface area contributed by atoms with Gasteiger partial charge >= 0.3 is 23.9 Å². The average molecular weight is 317 g/mol. The van der Waals surface area contributed by atoms with E-state index in [2.05, 4.69) is 15.4 Å². The first kappa shape index (κ1) is 22.2. The van der Waals surface area contributed by atoms with Crippen molar-refractivity contribution in [2.45, 2.75) is 25.7 Å². The molecule has 0 aliphatic carbocycles. The summed E-state index contributed by atoms with van der Waals surface area (Å²) < 4.78 is 0. The van der Waals surface area contributed by atoms with Gasteiger partial charge in [0.25, 0.3) is 22.6 Å². The quantitative estimate of drug-likeness (QED) is 0.240. The number of carboxylic acids is 4. The van der Waals surface area contributed by atoms with Gasteiger partial charge in [0, 0.05) is 0 Å². The maximum Gasteiger partial charge on any atom is 0.303 e. The van der Waals surface area contributed by atoms with Gasteiger partial charge in [0.2, 0.25) is 0 Å². The van der Waals surface area contributed by atoms with Gasteiger partial charge in [-0.25, -0.2) is 0 Å². The van der Waals surface area contributed by atoms with Crippen molar-refractivity contribution in [2.75, 3.05) is 0 Å². The van der Waals surface area contributed by atoms with Gasteiger partial charge in [-0.15, -0.1) is 0 Å². The predicted molar refractivity (Wildman–Crippen MR) is 79.9 cm³/mol. The van der Waals surface area contributed by atoms with Crippen molar-refractivity contribution in [3.8, 4) is 0 Å². The first-order valence-electron chi connectivity index (χ1n) is 6.25. The van der Waals surface area contributed by atoms with Gasteiger partial charge in [-0.2, -0.15) is 0 Å². The minimum Gasteiger partial charge on any atom is -0.481 e. The Bertz CT molecular complexity index is 299. The van der Waals surface area contributed by atoms with Crippen LogP contribution in [0.4, 0.5) is 0 Å². The largest absolute Gasteiger partial charge is 0.481 e. The first-order chi connectivity index (χ1) is 10.3. The van der Waals surface area contributed by atoms with Crippen LogP contribution in [0.2, 0.25) is 0 Å². The minimum atomic E-state index is -1.08. The number of carbonyl (C=O) groups is 4. The summed E-state index contributed by atoms with van der Waals surface area (Å²) in [4.78, 5) is 38.6. The Morgan fingerprint density at radius 3 is 0.818 bits per heavy atom. The smallest absolute Gasteiger partial charge is 0.303 e. The van der Waals surface area contributed by atoms with Crippen molar-refractivity contribution >= 4 is 46.5 Å². The molecule has 0 saturated carbocycles. The predicted octanol–water partition coefficient (Wildman–Crippen LogP) is -3.56. The summed E-state index contributed by atoms with van der Waals surface area (Å²) in [6, 6.07) is 0. The van der Waals surface area contributed by atoms with Gasteiger partial charge in [0.15, 0.2) is 0 Å². The van der Waals surface area contributed by atoms with Crippen LogP contribution < -0.4 is 15.4 Å². The molecule has 0 unspecified atom stereocenters. The second kappa shape index (κ2) is 15.3. The fourth-order valence-electron chi connectivity index (χ4n) is 0.880. The summed E-state index contributed by atoms with van der Waals surface area (Å²) in [5.74, 6) is -4.31. The standard InChI is InChI=1S/2C4H6O4.B3H6N3/c2*5-3(6)1-2-4(7)8;1-4-2-6-3-5-1/h2*1-2H2,(H,5,6)(H,7,8);1-6H. The lowest BCUT2D eigenvalue weighted by atomic mass is 9.85. The lowest BCUT2D eigenvalue weighted by Gasteiger charge is -2.08. The molecule has 0 bridgehead atoms. The van der Waals surface area contributed by atoms with Crippen molar-refractivity contribution in [2.24, 2.45) is 0 Å². The highest BCUT2D eigenvalue weighted by molar-refractivity contribution is 6.65. The fourth-order valence-corrected chi connectivity index (χ4v) is 0.880. The summed E-state index contributed by atoms with van der Waals surface area (Å²) in [6.45, 7) is 0. The summed E-state index contributed by atoms with van der Waals surface area (Å²) >= 11 is 0. The number of aliphatic carboxylic acids is 4. The third-order valence-corrected chi connectivity index (χ3v) is 1.86. The fraction of sp³-hybridized carbons (Fsp3) is 0.500. The van der Waals surface area contributed by atoms with Gasteiger partial charge < -0.3 is 35.8 Å². The third-order valence-electron chi connectivity index (χ3n) is 1.86. The zero-order chi connectivity index (χ0) is 17.4. The Kier molecular flexibility index (Phi) is 15.5. The van der Waals surface area contributed by atoms with Crippen molar-refractivity contribution in [1.82, 2.24) is 15.4 Å². The number of carboxylic acid groups (broad SMARTS) is 4. The first-order valence-corrected chi connectivity index (χ1v) is 6.25.